The highest BCUT2D eigenvalue weighted by atomic mass is 16.2. The standard InChI is InChI=1S/C18H24N4O/c1-13-10-19-17(20-13)16-8-9-22(12-16)18(23)15-6-4-14(5-7-15)11-21(2)3/h4-7,10,16H,8-9,11-12H2,1-3H3,(H,19,20)/t16-/m1/s1. The van der Waals surface area contributed by atoms with Crippen LogP contribution in [0.25, 0.3) is 0 Å². The molecular formula is C18H24N4O. The number of nitrogens with one attached hydrogen (secondary N) is 1. The highest BCUT2D eigenvalue weighted by Gasteiger charge is 2.29. The molecule has 5 nitrogen and oxygen atoms in total. The molecule has 0 unspecified atom stereocenters. The van der Waals surface area contributed by atoms with Gasteiger partial charge in [0, 0.05) is 43.0 Å². The first-order chi connectivity index (χ1) is 11.0. The fourth-order valence-corrected chi connectivity index (χ4v) is 3.11. The second kappa shape index (κ2) is 6.54. The Bertz CT molecular complexity index is 675. The molecule has 1 aliphatic rings. The van der Waals surface area contributed by atoms with Crippen LogP contribution < -0.4 is 0 Å². The van der Waals surface area contributed by atoms with Crippen LogP contribution in [0.2, 0.25) is 0 Å². The number of carbonyl (C=O) groups is 1. The lowest BCUT2D eigenvalue weighted by Gasteiger charge is -2.17. The first-order valence-electron chi connectivity index (χ1n) is 8.07. The molecule has 3 rings (SSSR count). The van der Waals surface area contributed by atoms with Crippen LogP contribution in [0.1, 0.15) is 39.8 Å². The van der Waals surface area contributed by atoms with E-state index in [1.807, 2.05) is 56.4 Å². The Kier molecular flexibility index (Phi) is 4.48. The topological polar surface area (TPSA) is 52.2 Å². The Morgan fingerprint density at radius 2 is 2.09 bits per heavy atom. The van der Waals surface area contributed by atoms with Crippen LogP contribution >= 0.6 is 0 Å². The third-order valence-electron chi connectivity index (χ3n) is 4.28. The Labute approximate surface area is 137 Å². The highest BCUT2D eigenvalue weighted by Crippen LogP contribution is 2.26. The van der Waals surface area contributed by atoms with Crippen molar-refractivity contribution in [1.29, 1.82) is 0 Å². The van der Waals surface area contributed by atoms with Gasteiger partial charge in [-0.2, -0.15) is 0 Å². The van der Waals surface area contributed by atoms with Crippen molar-refractivity contribution in [3.05, 3.63) is 53.1 Å². The molecule has 1 N–H and O–H groups in total. The van der Waals surface area contributed by atoms with Gasteiger partial charge in [0.25, 0.3) is 5.91 Å². The summed E-state index contributed by atoms with van der Waals surface area (Å²) in [7, 11) is 4.08. The fraction of sp³-hybridized carbons (Fsp3) is 0.444. The number of amides is 1. The Morgan fingerprint density at radius 1 is 1.35 bits per heavy atom. The molecule has 0 spiro atoms. The number of rotatable bonds is 4. The van der Waals surface area contributed by atoms with E-state index in [9.17, 15) is 4.79 Å². The van der Waals surface area contributed by atoms with Gasteiger partial charge in [0.2, 0.25) is 0 Å². The van der Waals surface area contributed by atoms with Crippen LogP contribution in [-0.4, -0.2) is 52.9 Å². The van der Waals surface area contributed by atoms with Crippen molar-refractivity contribution < 1.29 is 4.79 Å². The van der Waals surface area contributed by atoms with E-state index in [1.54, 1.807) is 0 Å². The number of aromatic nitrogens is 2. The monoisotopic (exact) mass is 312 g/mol. The first-order valence-corrected chi connectivity index (χ1v) is 8.07. The molecule has 1 saturated heterocycles. The summed E-state index contributed by atoms with van der Waals surface area (Å²) in [6.45, 7) is 4.43. The molecule has 0 saturated carbocycles. The molecule has 1 fully saturated rings. The number of hydrogen-bond acceptors (Lipinski definition) is 3. The molecule has 23 heavy (non-hydrogen) atoms. The van der Waals surface area contributed by atoms with Gasteiger partial charge in [-0.1, -0.05) is 12.1 Å². The second-order valence-corrected chi connectivity index (χ2v) is 6.62. The summed E-state index contributed by atoms with van der Waals surface area (Å²) in [4.78, 5) is 24.4. The van der Waals surface area contributed by atoms with Crippen molar-refractivity contribution in [2.45, 2.75) is 25.8 Å². The summed E-state index contributed by atoms with van der Waals surface area (Å²) >= 11 is 0. The van der Waals surface area contributed by atoms with E-state index < -0.39 is 0 Å². The number of nitrogens with zero attached hydrogens (tertiary/aromatic N) is 3. The van der Waals surface area contributed by atoms with Gasteiger partial charge < -0.3 is 14.8 Å². The average molecular weight is 312 g/mol. The van der Waals surface area contributed by atoms with Gasteiger partial charge in [-0.05, 0) is 45.1 Å². The molecule has 0 bridgehead atoms. The number of H-pyrrole nitrogens is 1. The summed E-state index contributed by atoms with van der Waals surface area (Å²) < 4.78 is 0. The van der Waals surface area contributed by atoms with E-state index >= 15 is 0 Å². The summed E-state index contributed by atoms with van der Waals surface area (Å²) in [6.07, 6.45) is 2.82. The third kappa shape index (κ3) is 3.62. The number of likely N-dealkylation sites (tertiary alicyclic amines) is 1. The molecule has 1 amide bonds. The third-order valence-corrected chi connectivity index (χ3v) is 4.28. The van der Waals surface area contributed by atoms with E-state index in [-0.39, 0.29) is 5.91 Å². The molecule has 1 aromatic carbocycles. The van der Waals surface area contributed by atoms with Crippen LogP contribution in [0.3, 0.4) is 0 Å². The minimum atomic E-state index is 0.118. The van der Waals surface area contributed by atoms with Gasteiger partial charge in [0.15, 0.2) is 0 Å². The number of benzene rings is 1. The van der Waals surface area contributed by atoms with Crippen molar-refractivity contribution in [3.63, 3.8) is 0 Å². The maximum atomic E-state index is 12.6. The highest BCUT2D eigenvalue weighted by molar-refractivity contribution is 5.94. The van der Waals surface area contributed by atoms with Gasteiger partial charge in [0.1, 0.15) is 5.82 Å². The molecule has 1 atom stereocenters. The van der Waals surface area contributed by atoms with Crippen LogP contribution in [0, 0.1) is 6.92 Å². The normalized spacial score (nSPS) is 17.9. The zero-order valence-electron chi connectivity index (χ0n) is 14.0. The number of aryl methyl sites for hydroxylation is 1. The minimum absolute atomic E-state index is 0.118. The molecule has 0 radical (unpaired) electrons. The van der Waals surface area contributed by atoms with Crippen LogP contribution in [-0.2, 0) is 6.54 Å². The van der Waals surface area contributed by atoms with Gasteiger partial charge in [-0.15, -0.1) is 0 Å². The van der Waals surface area contributed by atoms with E-state index in [2.05, 4.69) is 14.9 Å². The second-order valence-electron chi connectivity index (χ2n) is 6.62. The lowest BCUT2D eigenvalue weighted by Crippen LogP contribution is -2.28. The van der Waals surface area contributed by atoms with E-state index in [0.29, 0.717) is 5.92 Å². The molecule has 2 aromatic rings. The maximum Gasteiger partial charge on any atom is 0.253 e. The quantitative estimate of drug-likeness (QED) is 0.943. The van der Waals surface area contributed by atoms with Crippen molar-refractivity contribution in [1.82, 2.24) is 19.8 Å². The molecule has 0 aliphatic carbocycles. The van der Waals surface area contributed by atoms with Gasteiger partial charge in [-0.3, -0.25) is 4.79 Å². The SMILES string of the molecule is Cc1cnc([C@@H]2CCN(C(=O)c3ccc(CN(C)C)cc3)C2)[nH]1. The van der Waals surface area contributed by atoms with Crippen LogP contribution in [0.5, 0.6) is 0 Å². The zero-order chi connectivity index (χ0) is 16.4. The number of aromatic amines is 1. The minimum Gasteiger partial charge on any atom is -0.346 e. The van der Waals surface area contributed by atoms with E-state index in [4.69, 9.17) is 0 Å². The van der Waals surface area contributed by atoms with Gasteiger partial charge in [0.05, 0.1) is 0 Å². The number of hydrogen-bond donors (Lipinski definition) is 1. The summed E-state index contributed by atoms with van der Waals surface area (Å²) in [6, 6.07) is 7.95. The summed E-state index contributed by atoms with van der Waals surface area (Å²) in [5.74, 6) is 1.44. The van der Waals surface area contributed by atoms with Crippen LogP contribution in [0.15, 0.2) is 30.5 Å². The first kappa shape index (κ1) is 15.7. The molecule has 1 aliphatic heterocycles. The molecule has 2 heterocycles. The van der Waals surface area contributed by atoms with E-state index in [0.717, 1.165) is 43.1 Å². The fourth-order valence-electron chi connectivity index (χ4n) is 3.11. The van der Waals surface area contributed by atoms with Gasteiger partial charge in [-0.25, -0.2) is 4.98 Å². The van der Waals surface area contributed by atoms with Crippen molar-refractivity contribution >= 4 is 5.91 Å². The zero-order valence-corrected chi connectivity index (χ0v) is 14.0. The largest absolute Gasteiger partial charge is 0.346 e. The lowest BCUT2D eigenvalue weighted by atomic mass is 10.1. The molecule has 5 heteroatoms. The predicted molar refractivity (Wildman–Crippen MR) is 90.4 cm³/mol. The summed E-state index contributed by atoms with van der Waals surface area (Å²) in [5.41, 5.74) is 3.06. The average Bonchev–Trinajstić information content (AvgIpc) is 3.15. The smallest absolute Gasteiger partial charge is 0.253 e. The predicted octanol–water partition coefficient (Wildman–Crippen LogP) is 2.41. The number of imidazole rings is 1. The number of carbonyl (C=O) groups excluding carboxylic acids is 1. The summed E-state index contributed by atoms with van der Waals surface area (Å²) in [5, 5.41) is 0. The lowest BCUT2D eigenvalue weighted by molar-refractivity contribution is 0.0790. The van der Waals surface area contributed by atoms with Crippen molar-refractivity contribution in [3.8, 4) is 0 Å². The molecule has 1 aromatic heterocycles. The van der Waals surface area contributed by atoms with Crippen LogP contribution in [0.4, 0.5) is 0 Å². The maximum absolute atomic E-state index is 12.6. The van der Waals surface area contributed by atoms with Crippen molar-refractivity contribution in [2.75, 3.05) is 27.2 Å². The Hall–Kier alpha value is -2.14. The van der Waals surface area contributed by atoms with Crippen molar-refractivity contribution in [2.24, 2.45) is 0 Å². The molecular weight excluding hydrogens is 288 g/mol. The Morgan fingerprint density at radius 3 is 2.70 bits per heavy atom. The van der Waals surface area contributed by atoms with Gasteiger partial charge >= 0.3 is 0 Å². The molecule has 122 valence electrons. The Balaban J connectivity index is 1.64. The van der Waals surface area contributed by atoms with E-state index in [1.165, 1.54) is 5.56 Å².